The van der Waals surface area contributed by atoms with Crippen LogP contribution in [0.3, 0.4) is 0 Å². The van der Waals surface area contributed by atoms with Crippen LogP contribution in [0, 0.1) is 0 Å². The monoisotopic (exact) mass is 258 g/mol. The number of thioether (sulfide) groups is 1. The first kappa shape index (κ1) is 11.4. The number of primary sulfonamides is 1. The van der Waals surface area contributed by atoms with Crippen molar-refractivity contribution in [2.75, 3.05) is 11.5 Å². The number of rotatable bonds is 4. The Morgan fingerprint density at radius 2 is 2.25 bits per heavy atom. The van der Waals surface area contributed by atoms with Crippen LogP contribution in [0.5, 0.6) is 0 Å². The average molecular weight is 258 g/mol. The molecule has 8 heteroatoms. The molecule has 0 spiro atoms. The zero-order valence-corrected chi connectivity index (χ0v) is 9.91. The Morgan fingerprint density at radius 1 is 1.44 bits per heavy atom. The molecule has 2 aromatic heterocycles. The maximum absolute atomic E-state index is 10.8. The van der Waals surface area contributed by atoms with Crippen LogP contribution in [0.2, 0.25) is 0 Å². The van der Waals surface area contributed by atoms with E-state index in [1.807, 2.05) is 6.07 Å². The molecule has 2 rings (SSSR count). The van der Waals surface area contributed by atoms with Gasteiger partial charge in [0.2, 0.25) is 10.0 Å². The molecule has 0 fully saturated rings. The van der Waals surface area contributed by atoms with Crippen LogP contribution in [-0.2, 0) is 10.0 Å². The Bertz CT molecular complexity index is 593. The summed E-state index contributed by atoms with van der Waals surface area (Å²) in [5, 5.41) is 9.72. The van der Waals surface area contributed by atoms with Gasteiger partial charge in [0, 0.05) is 18.1 Å². The number of fused-ring (bicyclic) bond motifs is 1. The standard InChI is InChI=1S/C8H10N4O2S2/c9-16(13,14)6-5-15-8-7-1-2-11-12(7)4-3-10-8/h1-4H,5-6H2,(H2,9,13,14). The molecule has 0 atom stereocenters. The number of nitrogens with zero attached hydrogens (tertiary/aromatic N) is 3. The van der Waals surface area contributed by atoms with E-state index >= 15 is 0 Å². The molecule has 0 radical (unpaired) electrons. The number of nitrogens with two attached hydrogens (primary N) is 1. The highest BCUT2D eigenvalue weighted by Gasteiger charge is 2.07. The van der Waals surface area contributed by atoms with Crippen molar-refractivity contribution in [3.8, 4) is 0 Å². The number of aromatic nitrogens is 3. The van der Waals surface area contributed by atoms with E-state index in [-0.39, 0.29) is 5.75 Å². The van der Waals surface area contributed by atoms with Gasteiger partial charge in [-0.05, 0) is 6.07 Å². The summed E-state index contributed by atoms with van der Waals surface area (Å²) in [7, 11) is -3.41. The van der Waals surface area contributed by atoms with Gasteiger partial charge in [-0.1, -0.05) is 0 Å². The van der Waals surface area contributed by atoms with Crippen LogP contribution < -0.4 is 5.14 Å². The Labute approximate surface area is 96.9 Å². The van der Waals surface area contributed by atoms with Crippen LogP contribution in [0.1, 0.15) is 0 Å². The van der Waals surface area contributed by atoms with Crippen molar-refractivity contribution in [2.45, 2.75) is 5.03 Å². The predicted molar refractivity (Wildman–Crippen MR) is 61.7 cm³/mol. The number of hydrogen-bond acceptors (Lipinski definition) is 5. The molecule has 0 aliphatic carbocycles. The van der Waals surface area contributed by atoms with Gasteiger partial charge in [0.25, 0.3) is 0 Å². The molecule has 0 saturated carbocycles. The Hall–Kier alpha value is -1.12. The van der Waals surface area contributed by atoms with E-state index < -0.39 is 10.0 Å². The highest BCUT2D eigenvalue weighted by Crippen LogP contribution is 2.20. The van der Waals surface area contributed by atoms with E-state index in [0.29, 0.717) is 5.75 Å². The fourth-order valence-corrected chi connectivity index (χ4v) is 3.10. The summed E-state index contributed by atoms with van der Waals surface area (Å²) >= 11 is 1.35. The van der Waals surface area contributed by atoms with Crippen LogP contribution in [0.25, 0.3) is 5.52 Å². The molecule has 0 unspecified atom stereocenters. The van der Waals surface area contributed by atoms with E-state index in [1.165, 1.54) is 11.8 Å². The first-order chi connectivity index (χ1) is 7.56. The lowest BCUT2D eigenvalue weighted by atomic mass is 10.5. The number of sulfonamides is 1. The van der Waals surface area contributed by atoms with Crippen molar-refractivity contribution in [1.29, 1.82) is 0 Å². The quantitative estimate of drug-likeness (QED) is 0.786. The van der Waals surface area contributed by atoms with E-state index in [9.17, 15) is 8.42 Å². The van der Waals surface area contributed by atoms with Gasteiger partial charge in [-0.2, -0.15) is 5.10 Å². The molecule has 0 amide bonds. The second kappa shape index (κ2) is 4.40. The van der Waals surface area contributed by atoms with Crippen molar-refractivity contribution in [1.82, 2.24) is 14.6 Å². The third kappa shape index (κ3) is 2.71. The summed E-state index contributed by atoms with van der Waals surface area (Å²) in [6.07, 6.45) is 5.03. The predicted octanol–water partition coefficient (Wildman–Crippen LogP) is 0.110. The summed E-state index contributed by atoms with van der Waals surface area (Å²) < 4.78 is 23.2. The summed E-state index contributed by atoms with van der Waals surface area (Å²) in [4.78, 5) is 4.17. The van der Waals surface area contributed by atoms with Crippen molar-refractivity contribution < 1.29 is 8.42 Å². The SMILES string of the molecule is NS(=O)(=O)CCSc1nccn2nccc12. The summed E-state index contributed by atoms with van der Waals surface area (Å²) in [6.45, 7) is 0. The molecule has 0 aliphatic rings. The van der Waals surface area contributed by atoms with Gasteiger partial charge in [-0.15, -0.1) is 11.8 Å². The van der Waals surface area contributed by atoms with Crippen LogP contribution >= 0.6 is 11.8 Å². The molecular formula is C8H10N4O2S2. The zero-order chi connectivity index (χ0) is 11.6. The molecule has 2 heterocycles. The number of hydrogen-bond donors (Lipinski definition) is 1. The topological polar surface area (TPSA) is 90.4 Å². The molecular weight excluding hydrogens is 248 g/mol. The van der Waals surface area contributed by atoms with Gasteiger partial charge < -0.3 is 0 Å². The van der Waals surface area contributed by atoms with Crippen molar-refractivity contribution in [2.24, 2.45) is 5.14 Å². The molecule has 2 aromatic rings. The van der Waals surface area contributed by atoms with Gasteiger partial charge in [0.05, 0.1) is 17.5 Å². The van der Waals surface area contributed by atoms with Crippen molar-refractivity contribution in [3.05, 3.63) is 24.7 Å². The third-order valence-electron chi connectivity index (χ3n) is 1.90. The lowest BCUT2D eigenvalue weighted by Gasteiger charge is -2.01. The van der Waals surface area contributed by atoms with Gasteiger partial charge in [0.1, 0.15) is 5.03 Å². The zero-order valence-electron chi connectivity index (χ0n) is 8.28. The molecule has 86 valence electrons. The average Bonchev–Trinajstić information content (AvgIpc) is 2.64. The second-order valence-electron chi connectivity index (χ2n) is 3.11. The Morgan fingerprint density at radius 3 is 3.00 bits per heavy atom. The smallest absolute Gasteiger partial charge is 0.209 e. The van der Waals surface area contributed by atoms with Gasteiger partial charge in [-0.3, -0.25) is 0 Å². The third-order valence-corrected chi connectivity index (χ3v) is 3.92. The molecule has 6 nitrogen and oxygen atoms in total. The summed E-state index contributed by atoms with van der Waals surface area (Å²) in [6, 6.07) is 1.83. The van der Waals surface area contributed by atoms with E-state index in [4.69, 9.17) is 5.14 Å². The molecule has 0 aromatic carbocycles. The first-order valence-electron chi connectivity index (χ1n) is 4.48. The lowest BCUT2D eigenvalue weighted by molar-refractivity contribution is 0.599. The molecule has 2 N–H and O–H groups in total. The highest BCUT2D eigenvalue weighted by molar-refractivity contribution is 8.00. The molecule has 16 heavy (non-hydrogen) atoms. The van der Waals surface area contributed by atoms with Crippen LogP contribution in [-0.4, -0.2) is 34.5 Å². The van der Waals surface area contributed by atoms with Gasteiger partial charge >= 0.3 is 0 Å². The fourth-order valence-electron chi connectivity index (χ4n) is 1.20. The molecule has 0 saturated heterocycles. The van der Waals surface area contributed by atoms with E-state index in [0.717, 1.165) is 10.5 Å². The minimum absolute atomic E-state index is 0.0610. The van der Waals surface area contributed by atoms with Gasteiger partial charge in [-0.25, -0.2) is 23.1 Å². The van der Waals surface area contributed by atoms with E-state index in [1.54, 1.807) is 23.1 Å². The Kier molecular flexibility index (Phi) is 3.13. The minimum atomic E-state index is -3.41. The van der Waals surface area contributed by atoms with Crippen molar-refractivity contribution >= 4 is 27.3 Å². The largest absolute Gasteiger partial charge is 0.246 e. The fraction of sp³-hybridized carbons (Fsp3) is 0.250. The Balaban J connectivity index is 2.12. The highest BCUT2D eigenvalue weighted by atomic mass is 32.2. The van der Waals surface area contributed by atoms with Crippen LogP contribution in [0.15, 0.2) is 29.7 Å². The second-order valence-corrected chi connectivity index (χ2v) is 5.93. The van der Waals surface area contributed by atoms with Crippen LogP contribution in [0.4, 0.5) is 0 Å². The maximum Gasteiger partial charge on any atom is 0.209 e. The van der Waals surface area contributed by atoms with Gasteiger partial charge in [0.15, 0.2) is 0 Å². The summed E-state index contributed by atoms with van der Waals surface area (Å²) in [5.74, 6) is 0.325. The lowest BCUT2D eigenvalue weighted by Crippen LogP contribution is -2.17. The molecule has 0 bridgehead atoms. The maximum atomic E-state index is 10.8. The van der Waals surface area contributed by atoms with Crippen molar-refractivity contribution in [3.63, 3.8) is 0 Å². The minimum Gasteiger partial charge on any atom is -0.246 e. The normalized spacial score (nSPS) is 12.1. The van der Waals surface area contributed by atoms with E-state index in [2.05, 4.69) is 10.1 Å². The first-order valence-corrected chi connectivity index (χ1v) is 7.18. The summed E-state index contributed by atoms with van der Waals surface area (Å²) in [5.41, 5.74) is 0.863. The molecule has 0 aliphatic heterocycles.